The number of aryl methyl sites for hydroxylation is 1. The predicted molar refractivity (Wildman–Crippen MR) is 102 cm³/mol. The van der Waals surface area contributed by atoms with Gasteiger partial charge in [-0.05, 0) is 25.0 Å². The Kier molecular flexibility index (Phi) is 7.70. The van der Waals surface area contributed by atoms with E-state index < -0.39 is 18.2 Å². The maximum Gasteiger partial charge on any atom is 0.434 e. The molecule has 0 fully saturated rings. The smallest absolute Gasteiger partial charge is 0.434 e. The zero-order chi connectivity index (χ0) is 19.6. The molecule has 0 spiro atoms. The lowest BCUT2D eigenvalue weighted by Gasteiger charge is -2.12. The molecule has 0 radical (unpaired) electrons. The molecule has 0 saturated heterocycles. The zero-order valence-corrected chi connectivity index (χ0v) is 15.4. The number of aliphatic hydroxyl groups is 1. The molecule has 0 aliphatic carbocycles. The number of aliphatic imine (C=N–C) groups is 1. The van der Waals surface area contributed by atoms with Gasteiger partial charge in [-0.2, -0.15) is 4.99 Å². The van der Waals surface area contributed by atoms with Crippen LogP contribution in [0.15, 0.2) is 59.6 Å². The quantitative estimate of drug-likeness (QED) is 0.597. The van der Waals surface area contributed by atoms with E-state index in [0.29, 0.717) is 5.56 Å². The molecule has 0 unspecified atom stereocenters. The summed E-state index contributed by atoms with van der Waals surface area (Å²) in [4.78, 5) is 27.8. The lowest BCUT2D eigenvalue weighted by molar-refractivity contribution is -0.152. The fraction of sp³-hybridized carbons (Fsp3) is 0.286. The largest absolute Gasteiger partial charge is 0.464 e. The Morgan fingerprint density at radius 1 is 1.04 bits per heavy atom. The van der Waals surface area contributed by atoms with E-state index >= 15 is 0 Å². The van der Waals surface area contributed by atoms with Crippen molar-refractivity contribution in [2.45, 2.75) is 33.0 Å². The second-order valence-electron chi connectivity index (χ2n) is 5.94. The van der Waals surface area contributed by atoms with Crippen LogP contribution in [0.25, 0.3) is 0 Å². The molecule has 142 valence electrons. The first-order valence-electron chi connectivity index (χ1n) is 8.69. The maximum absolute atomic E-state index is 12.1. The van der Waals surface area contributed by atoms with E-state index in [9.17, 15) is 14.7 Å². The Labute approximate surface area is 158 Å². The fourth-order valence-corrected chi connectivity index (χ4v) is 2.34. The highest BCUT2D eigenvalue weighted by atomic mass is 16.5. The van der Waals surface area contributed by atoms with Crippen molar-refractivity contribution in [1.29, 1.82) is 0 Å². The van der Waals surface area contributed by atoms with Gasteiger partial charge in [0.1, 0.15) is 6.61 Å². The molecule has 2 aromatic carbocycles. The minimum Gasteiger partial charge on any atom is -0.464 e. The number of amides is 1. The number of hydrogen-bond donors (Lipinski definition) is 1. The Bertz CT molecular complexity index is 784. The number of carbonyl (C=O) groups is 2. The van der Waals surface area contributed by atoms with Gasteiger partial charge in [-0.1, -0.05) is 60.2 Å². The maximum atomic E-state index is 12.1. The van der Waals surface area contributed by atoms with Crippen molar-refractivity contribution in [2.24, 2.45) is 4.99 Å². The van der Waals surface area contributed by atoms with Crippen molar-refractivity contribution in [1.82, 2.24) is 0 Å². The van der Waals surface area contributed by atoms with Crippen LogP contribution in [0.3, 0.4) is 0 Å². The summed E-state index contributed by atoms with van der Waals surface area (Å²) < 4.78 is 9.98. The molecule has 0 aliphatic heterocycles. The highest BCUT2D eigenvalue weighted by molar-refractivity contribution is 6.06. The first-order chi connectivity index (χ1) is 13.0. The predicted octanol–water partition coefficient (Wildman–Crippen LogP) is 3.44. The van der Waals surface area contributed by atoms with Crippen molar-refractivity contribution in [3.63, 3.8) is 0 Å². The van der Waals surface area contributed by atoms with Crippen LogP contribution in [0.5, 0.6) is 0 Å². The zero-order valence-electron chi connectivity index (χ0n) is 15.4. The highest BCUT2D eigenvalue weighted by Gasteiger charge is 2.21. The lowest BCUT2D eigenvalue weighted by Crippen LogP contribution is -2.27. The molecule has 6 nitrogen and oxygen atoms in total. The van der Waals surface area contributed by atoms with Crippen LogP contribution < -0.4 is 0 Å². The van der Waals surface area contributed by atoms with Crippen molar-refractivity contribution >= 4 is 17.8 Å². The molecular formula is C21H23NO5. The summed E-state index contributed by atoms with van der Waals surface area (Å²) in [6.07, 6.45) is -2.35. The van der Waals surface area contributed by atoms with Gasteiger partial charge in [0.05, 0.1) is 12.3 Å². The van der Waals surface area contributed by atoms with Crippen molar-refractivity contribution in [3.05, 3.63) is 71.3 Å². The van der Waals surface area contributed by atoms with Gasteiger partial charge >= 0.3 is 12.1 Å². The fourth-order valence-electron chi connectivity index (χ4n) is 2.34. The van der Waals surface area contributed by atoms with Crippen LogP contribution >= 0.6 is 0 Å². The molecule has 2 rings (SSSR count). The van der Waals surface area contributed by atoms with Gasteiger partial charge in [0.15, 0.2) is 6.10 Å². The third-order valence-corrected chi connectivity index (χ3v) is 3.76. The second kappa shape index (κ2) is 10.2. The third kappa shape index (κ3) is 6.67. The molecule has 1 atom stereocenters. The number of ether oxygens (including phenoxy) is 2. The summed E-state index contributed by atoms with van der Waals surface area (Å²) in [5.74, 6) is -0.755. The topological polar surface area (TPSA) is 85.2 Å². The van der Waals surface area contributed by atoms with E-state index in [1.165, 1.54) is 0 Å². The van der Waals surface area contributed by atoms with Crippen LogP contribution in [-0.4, -0.2) is 35.6 Å². The van der Waals surface area contributed by atoms with Crippen LogP contribution in [-0.2, 0) is 20.9 Å². The molecule has 0 heterocycles. The van der Waals surface area contributed by atoms with Crippen LogP contribution in [0.1, 0.15) is 30.0 Å². The van der Waals surface area contributed by atoms with E-state index in [0.717, 1.165) is 11.1 Å². The van der Waals surface area contributed by atoms with Gasteiger partial charge in [-0.15, -0.1) is 0 Å². The van der Waals surface area contributed by atoms with Crippen molar-refractivity contribution in [3.8, 4) is 0 Å². The van der Waals surface area contributed by atoms with Gasteiger partial charge in [0.2, 0.25) is 0 Å². The Hall–Kier alpha value is -2.99. The number of rotatable bonds is 7. The summed E-state index contributed by atoms with van der Waals surface area (Å²) >= 11 is 0. The summed E-state index contributed by atoms with van der Waals surface area (Å²) in [6, 6.07) is 16.5. The van der Waals surface area contributed by atoms with E-state index in [2.05, 4.69) is 4.99 Å². The SMILES string of the molecule is CCOC(=O)[C@@H](O)C/C(=N/C(=O)OCc1ccccc1)c1ccc(C)cc1. The van der Waals surface area contributed by atoms with E-state index in [-0.39, 0.29) is 25.3 Å². The lowest BCUT2D eigenvalue weighted by atomic mass is 10.0. The molecule has 0 saturated carbocycles. The minimum absolute atomic E-state index is 0.0881. The molecule has 1 N–H and O–H groups in total. The van der Waals surface area contributed by atoms with Crippen molar-refractivity contribution < 1.29 is 24.2 Å². The van der Waals surface area contributed by atoms with Crippen LogP contribution in [0, 0.1) is 6.92 Å². The van der Waals surface area contributed by atoms with Gasteiger partial charge in [0, 0.05) is 6.42 Å². The van der Waals surface area contributed by atoms with Gasteiger partial charge in [-0.3, -0.25) is 0 Å². The average molecular weight is 369 g/mol. The van der Waals surface area contributed by atoms with E-state index in [1.54, 1.807) is 19.1 Å². The number of hydrogen-bond acceptors (Lipinski definition) is 5. The summed E-state index contributed by atoms with van der Waals surface area (Å²) in [6.45, 7) is 3.83. The van der Waals surface area contributed by atoms with E-state index in [1.807, 2.05) is 49.4 Å². The number of benzene rings is 2. The monoisotopic (exact) mass is 369 g/mol. The average Bonchev–Trinajstić information content (AvgIpc) is 2.67. The molecule has 0 bridgehead atoms. The first-order valence-corrected chi connectivity index (χ1v) is 8.69. The normalized spacial score (nSPS) is 12.3. The number of nitrogens with zero attached hydrogens (tertiary/aromatic N) is 1. The number of carbonyl (C=O) groups excluding carboxylic acids is 2. The Morgan fingerprint density at radius 2 is 1.70 bits per heavy atom. The first kappa shape index (κ1) is 20.3. The molecular weight excluding hydrogens is 346 g/mol. The van der Waals surface area contributed by atoms with Crippen LogP contribution in [0.2, 0.25) is 0 Å². The second-order valence-corrected chi connectivity index (χ2v) is 5.94. The highest BCUT2D eigenvalue weighted by Crippen LogP contribution is 2.12. The van der Waals surface area contributed by atoms with Gasteiger partial charge in [0.25, 0.3) is 0 Å². The standard InChI is InChI=1S/C21H23NO5/c1-3-26-20(24)19(23)13-18(17-11-9-15(2)10-12-17)22-21(25)27-14-16-7-5-4-6-8-16/h4-12,19,23H,3,13-14H2,1-2H3/b22-18-/t19-/m0/s1. The molecule has 2 aromatic rings. The Balaban J connectivity index is 2.14. The third-order valence-electron chi connectivity index (χ3n) is 3.76. The summed E-state index contributed by atoms with van der Waals surface area (Å²) in [5.41, 5.74) is 2.76. The molecule has 1 amide bonds. The summed E-state index contributed by atoms with van der Waals surface area (Å²) in [7, 11) is 0. The van der Waals surface area contributed by atoms with E-state index in [4.69, 9.17) is 9.47 Å². The van der Waals surface area contributed by atoms with Crippen molar-refractivity contribution in [2.75, 3.05) is 6.61 Å². The van der Waals surface area contributed by atoms with Gasteiger partial charge < -0.3 is 14.6 Å². The summed E-state index contributed by atoms with van der Waals surface area (Å²) in [5, 5.41) is 10.0. The Morgan fingerprint density at radius 3 is 2.33 bits per heavy atom. The molecule has 6 heteroatoms. The minimum atomic E-state index is -1.41. The molecule has 0 aliphatic rings. The van der Waals surface area contributed by atoms with Crippen LogP contribution in [0.4, 0.5) is 4.79 Å². The number of esters is 1. The number of aliphatic hydroxyl groups excluding tert-OH is 1. The molecule has 27 heavy (non-hydrogen) atoms. The van der Waals surface area contributed by atoms with Gasteiger partial charge in [-0.25, -0.2) is 9.59 Å². The molecule has 0 aromatic heterocycles.